The fourth-order valence-corrected chi connectivity index (χ4v) is 2.02. The van der Waals surface area contributed by atoms with Crippen molar-refractivity contribution in [3.8, 4) is 5.75 Å². The molecule has 0 heterocycles. The van der Waals surface area contributed by atoms with Crippen molar-refractivity contribution in [3.05, 3.63) is 23.8 Å². The zero-order chi connectivity index (χ0) is 14.6. The number of nitrogens with one attached hydrogen (secondary N) is 1. The zero-order valence-corrected chi connectivity index (χ0v) is 12.0. The van der Waals surface area contributed by atoms with Crippen LogP contribution in [0, 0.1) is 5.92 Å². The molecule has 106 valence electrons. The van der Waals surface area contributed by atoms with Crippen LogP contribution in [0.3, 0.4) is 0 Å². The van der Waals surface area contributed by atoms with E-state index in [1.165, 1.54) is 25.3 Å². The maximum absolute atomic E-state index is 11.5. The monoisotopic (exact) mass is 286 g/mol. The summed E-state index contributed by atoms with van der Waals surface area (Å²) >= 11 is 0. The maximum atomic E-state index is 11.5. The Morgan fingerprint density at radius 2 is 2.05 bits per heavy atom. The molecule has 7 heteroatoms. The van der Waals surface area contributed by atoms with Crippen LogP contribution in [0.1, 0.15) is 19.4 Å². The zero-order valence-electron chi connectivity index (χ0n) is 11.1. The van der Waals surface area contributed by atoms with E-state index in [0.717, 1.165) is 0 Å². The van der Waals surface area contributed by atoms with Crippen molar-refractivity contribution >= 4 is 15.9 Å². The second kappa shape index (κ2) is 6.03. The highest BCUT2D eigenvalue weighted by Gasteiger charge is 2.13. The first-order chi connectivity index (χ1) is 8.75. The van der Waals surface area contributed by atoms with Crippen LogP contribution in [0.15, 0.2) is 23.1 Å². The third-order valence-corrected chi connectivity index (χ3v) is 3.47. The molecule has 19 heavy (non-hydrogen) atoms. The molecular formula is C12H18N2O4S. The summed E-state index contributed by atoms with van der Waals surface area (Å²) in [6, 6.07) is 4.27. The number of amides is 1. The van der Waals surface area contributed by atoms with Crippen molar-refractivity contribution in [2.75, 3.05) is 7.11 Å². The van der Waals surface area contributed by atoms with E-state index in [2.05, 4.69) is 5.32 Å². The summed E-state index contributed by atoms with van der Waals surface area (Å²) in [7, 11) is -2.30. The summed E-state index contributed by atoms with van der Waals surface area (Å²) in [4.78, 5) is 11.5. The van der Waals surface area contributed by atoms with Gasteiger partial charge in [-0.2, -0.15) is 0 Å². The van der Waals surface area contributed by atoms with Gasteiger partial charge in [-0.05, 0) is 18.2 Å². The van der Waals surface area contributed by atoms with Crippen LogP contribution in [0.25, 0.3) is 0 Å². The molecule has 0 spiro atoms. The average molecular weight is 286 g/mol. The first kappa shape index (κ1) is 15.5. The molecule has 0 radical (unpaired) electrons. The molecule has 6 nitrogen and oxygen atoms in total. The third-order valence-electron chi connectivity index (χ3n) is 2.56. The molecule has 1 rings (SSSR count). The summed E-state index contributed by atoms with van der Waals surface area (Å²) < 4.78 is 27.7. The van der Waals surface area contributed by atoms with Crippen molar-refractivity contribution in [3.63, 3.8) is 0 Å². The van der Waals surface area contributed by atoms with Crippen LogP contribution in [-0.4, -0.2) is 21.4 Å². The average Bonchev–Trinajstić information content (AvgIpc) is 2.34. The van der Waals surface area contributed by atoms with Crippen molar-refractivity contribution in [2.24, 2.45) is 11.1 Å². The van der Waals surface area contributed by atoms with Gasteiger partial charge in [0.1, 0.15) is 5.75 Å². The van der Waals surface area contributed by atoms with E-state index >= 15 is 0 Å². The van der Waals surface area contributed by atoms with E-state index in [0.29, 0.717) is 11.3 Å². The Balaban J connectivity index is 3.00. The van der Waals surface area contributed by atoms with E-state index in [9.17, 15) is 13.2 Å². The summed E-state index contributed by atoms with van der Waals surface area (Å²) in [5, 5.41) is 7.76. The summed E-state index contributed by atoms with van der Waals surface area (Å²) in [6.45, 7) is 3.73. The first-order valence-corrected chi connectivity index (χ1v) is 7.27. The number of carbonyl (C=O) groups is 1. The number of carbonyl (C=O) groups excluding carboxylic acids is 1. The Hall–Kier alpha value is -1.60. The Morgan fingerprint density at radius 3 is 2.53 bits per heavy atom. The van der Waals surface area contributed by atoms with E-state index in [-0.39, 0.29) is 23.3 Å². The van der Waals surface area contributed by atoms with E-state index in [1.54, 1.807) is 13.8 Å². The Bertz CT molecular complexity index is 567. The van der Waals surface area contributed by atoms with Gasteiger partial charge in [0, 0.05) is 18.0 Å². The molecule has 0 saturated carbocycles. The molecule has 1 aromatic rings. The number of benzene rings is 1. The standard InChI is InChI=1S/C12H18N2O4S/c1-8(2)12(15)14-7-9-6-10(19(13,16)17)4-5-11(9)18-3/h4-6,8H,7H2,1-3H3,(H,14,15)(H2,13,16,17). The van der Waals surface area contributed by atoms with Crippen molar-refractivity contribution in [2.45, 2.75) is 25.3 Å². The molecule has 0 aliphatic rings. The molecule has 0 aromatic heterocycles. The van der Waals surface area contributed by atoms with E-state index in [4.69, 9.17) is 9.88 Å². The van der Waals surface area contributed by atoms with Crippen LogP contribution in [0.2, 0.25) is 0 Å². The Morgan fingerprint density at radius 1 is 1.42 bits per heavy atom. The van der Waals surface area contributed by atoms with Gasteiger partial charge in [0.25, 0.3) is 0 Å². The van der Waals surface area contributed by atoms with Gasteiger partial charge in [-0.15, -0.1) is 0 Å². The number of sulfonamides is 1. The normalized spacial score (nSPS) is 11.4. The van der Waals surface area contributed by atoms with Gasteiger partial charge in [-0.1, -0.05) is 13.8 Å². The number of hydrogen-bond acceptors (Lipinski definition) is 4. The van der Waals surface area contributed by atoms with E-state index in [1.807, 2.05) is 0 Å². The fourth-order valence-electron chi connectivity index (χ4n) is 1.46. The van der Waals surface area contributed by atoms with Gasteiger partial charge in [0.2, 0.25) is 15.9 Å². The highest BCUT2D eigenvalue weighted by Crippen LogP contribution is 2.21. The first-order valence-electron chi connectivity index (χ1n) is 5.73. The third kappa shape index (κ3) is 4.22. The van der Waals surface area contributed by atoms with Crippen molar-refractivity contribution in [1.29, 1.82) is 0 Å². The highest BCUT2D eigenvalue weighted by molar-refractivity contribution is 7.89. The minimum atomic E-state index is -3.77. The number of primary sulfonamides is 1. The minimum Gasteiger partial charge on any atom is -0.496 e. The molecular weight excluding hydrogens is 268 g/mol. The number of nitrogens with two attached hydrogens (primary N) is 1. The predicted molar refractivity (Wildman–Crippen MR) is 71.1 cm³/mol. The number of hydrogen-bond donors (Lipinski definition) is 2. The lowest BCUT2D eigenvalue weighted by Gasteiger charge is -2.12. The highest BCUT2D eigenvalue weighted by atomic mass is 32.2. The second-order valence-corrected chi connectivity index (χ2v) is 5.95. The molecule has 1 aromatic carbocycles. The summed E-state index contributed by atoms with van der Waals surface area (Å²) in [5.74, 6) is 0.229. The quantitative estimate of drug-likeness (QED) is 0.828. The molecule has 1 amide bonds. The minimum absolute atomic E-state index is 0.0119. The molecule has 3 N–H and O–H groups in total. The van der Waals surface area contributed by atoms with Crippen molar-refractivity contribution in [1.82, 2.24) is 5.32 Å². The van der Waals surface area contributed by atoms with Gasteiger partial charge < -0.3 is 10.1 Å². The van der Waals surface area contributed by atoms with Crippen LogP contribution < -0.4 is 15.2 Å². The maximum Gasteiger partial charge on any atom is 0.238 e. The molecule has 0 aliphatic heterocycles. The largest absolute Gasteiger partial charge is 0.496 e. The summed E-state index contributed by atoms with van der Waals surface area (Å²) in [5.41, 5.74) is 0.558. The number of methoxy groups -OCH3 is 1. The van der Waals surface area contributed by atoms with Crippen LogP contribution in [0.5, 0.6) is 5.75 Å². The molecule has 0 atom stereocenters. The molecule has 0 saturated heterocycles. The van der Waals surface area contributed by atoms with Gasteiger partial charge >= 0.3 is 0 Å². The Labute approximate surface area is 113 Å². The Kier molecular flexibility index (Phi) is 4.90. The molecule has 0 bridgehead atoms. The predicted octanol–water partition coefficient (Wildman–Crippen LogP) is 0.615. The number of ether oxygens (including phenoxy) is 1. The molecule has 0 fully saturated rings. The summed E-state index contributed by atoms with van der Waals surface area (Å²) in [6.07, 6.45) is 0. The molecule has 0 unspecified atom stereocenters. The molecule has 0 aliphatic carbocycles. The SMILES string of the molecule is COc1ccc(S(N)(=O)=O)cc1CNC(=O)C(C)C. The second-order valence-electron chi connectivity index (χ2n) is 4.39. The lowest BCUT2D eigenvalue weighted by molar-refractivity contribution is -0.124. The van der Waals surface area contributed by atoms with E-state index < -0.39 is 10.0 Å². The van der Waals surface area contributed by atoms with Gasteiger partial charge in [0.15, 0.2) is 0 Å². The van der Waals surface area contributed by atoms with Gasteiger partial charge in [-0.25, -0.2) is 13.6 Å². The van der Waals surface area contributed by atoms with Crippen molar-refractivity contribution < 1.29 is 17.9 Å². The number of rotatable bonds is 5. The lowest BCUT2D eigenvalue weighted by atomic mass is 10.1. The van der Waals surface area contributed by atoms with Crippen LogP contribution in [0.4, 0.5) is 0 Å². The van der Waals surface area contributed by atoms with Gasteiger partial charge in [-0.3, -0.25) is 4.79 Å². The fraction of sp³-hybridized carbons (Fsp3) is 0.417. The van der Waals surface area contributed by atoms with Gasteiger partial charge in [0.05, 0.1) is 12.0 Å². The van der Waals surface area contributed by atoms with Crippen LogP contribution in [-0.2, 0) is 21.4 Å². The lowest BCUT2D eigenvalue weighted by Crippen LogP contribution is -2.27. The van der Waals surface area contributed by atoms with Crippen LogP contribution >= 0.6 is 0 Å². The smallest absolute Gasteiger partial charge is 0.238 e. The topological polar surface area (TPSA) is 98.5 Å².